The fraction of sp³-hybridized carbons (Fsp3) is 0.800. The Morgan fingerprint density at radius 1 is 0.750 bits per heavy atom. The van der Waals surface area contributed by atoms with E-state index in [-0.39, 0.29) is 35.7 Å². The van der Waals surface area contributed by atoms with Crippen LogP contribution in [0.4, 0.5) is 0 Å². The van der Waals surface area contributed by atoms with Gasteiger partial charge in [-0.25, -0.2) is 4.79 Å². The Morgan fingerprint density at radius 2 is 1.18 bits per heavy atom. The quantitative estimate of drug-likeness (QED) is 0.272. The molecule has 8 heteroatoms. The van der Waals surface area contributed by atoms with Gasteiger partial charge >= 0.3 is 5.97 Å². The summed E-state index contributed by atoms with van der Waals surface area (Å²) in [6.45, 7) is 11.4. The number of thiol groups is 1. The summed E-state index contributed by atoms with van der Waals surface area (Å²) in [6, 6.07) is -1.92. The van der Waals surface area contributed by atoms with E-state index in [0.717, 1.165) is 0 Å². The van der Waals surface area contributed by atoms with Crippen molar-refractivity contribution in [1.29, 1.82) is 0 Å². The molecule has 0 heterocycles. The number of hydrogen-bond acceptors (Lipinski definition) is 5. The molecule has 0 aliphatic carbocycles. The molecule has 0 aromatic heterocycles. The van der Waals surface area contributed by atoms with Gasteiger partial charge < -0.3 is 15.7 Å². The topological polar surface area (TPSA) is 113 Å². The Bertz CT molecular complexity index is 549. The standard InChI is InChI=1S/C20H36N2O5S/c1-11(2)7-14(17(23)10-28)18(24)21-15(8-12(3)4)19(25)22-16(20(26)27)9-13(5)6/h11-16,28H,7-10H2,1-6H3,(H,21,24)(H,22,25)(H,26,27)/t14?,15-,16-/m0/s1. The molecule has 0 fully saturated rings. The van der Waals surface area contributed by atoms with Crippen molar-refractivity contribution >= 4 is 36.2 Å². The van der Waals surface area contributed by atoms with Gasteiger partial charge in [-0.3, -0.25) is 14.4 Å². The van der Waals surface area contributed by atoms with Gasteiger partial charge in [-0.1, -0.05) is 41.5 Å². The van der Waals surface area contributed by atoms with Crippen LogP contribution in [0.15, 0.2) is 0 Å². The molecule has 162 valence electrons. The molecule has 0 bridgehead atoms. The summed E-state index contributed by atoms with van der Waals surface area (Å²) >= 11 is 3.98. The highest BCUT2D eigenvalue weighted by molar-refractivity contribution is 7.81. The van der Waals surface area contributed by atoms with Gasteiger partial charge in [0.15, 0.2) is 5.78 Å². The molecular formula is C20H36N2O5S. The number of aliphatic carboxylic acids is 1. The second kappa shape index (κ2) is 12.8. The van der Waals surface area contributed by atoms with E-state index in [2.05, 4.69) is 23.3 Å². The Morgan fingerprint density at radius 3 is 1.57 bits per heavy atom. The first kappa shape index (κ1) is 26.4. The van der Waals surface area contributed by atoms with Crippen molar-refractivity contribution in [3.8, 4) is 0 Å². The fourth-order valence-corrected chi connectivity index (χ4v) is 3.13. The number of ketones is 1. The number of carbonyl (C=O) groups excluding carboxylic acids is 3. The van der Waals surface area contributed by atoms with Crippen molar-refractivity contribution in [2.45, 2.75) is 72.9 Å². The smallest absolute Gasteiger partial charge is 0.326 e. The third-order valence-corrected chi connectivity index (χ3v) is 4.54. The third kappa shape index (κ3) is 10.1. The molecule has 0 aliphatic rings. The average Bonchev–Trinajstić information content (AvgIpc) is 2.56. The van der Waals surface area contributed by atoms with E-state index in [0.29, 0.717) is 12.8 Å². The number of amides is 2. The lowest BCUT2D eigenvalue weighted by Gasteiger charge is -2.25. The predicted octanol–water partition coefficient (Wildman–Crippen LogP) is 2.29. The van der Waals surface area contributed by atoms with Gasteiger partial charge in [-0.05, 0) is 37.0 Å². The molecule has 2 amide bonds. The minimum absolute atomic E-state index is 0.0542. The summed E-state index contributed by atoms with van der Waals surface area (Å²) in [5.74, 6) is -3.08. The van der Waals surface area contributed by atoms with Gasteiger partial charge in [0.1, 0.15) is 12.1 Å². The first-order valence-electron chi connectivity index (χ1n) is 9.86. The van der Waals surface area contributed by atoms with Crippen molar-refractivity contribution in [1.82, 2.24) is 10.6 Å². The maximum absolute atomic E-state index is 12.7. The number of carbonyl (C=O) groups is 4. The van der Waals surface area contributed by atoms with Gasteiger partial charge in [0.05, 0.1) is 11.7 Å². The van der Waals surface area contributed by atoms with Gasteiger partial charge in [0, 0.05) is 0 Å². The van der Waals surface area contributed by atoms with Crippen LogP contribution in [-0.2, 0) is 19.2 Å². The predicted molar refractivity (Wildman–Crippen MR) is 112 cm³/mol. The van der Waals surface area contributed by atoms with Crippen LogP contribution >= 0.6 is 12.6 Å². The molecule has 0 aliphatic heterocycles. The maximum atomic E-state index is 12.7. The molecule has 3 atom stereocenters. The number of nitrogens with one attached hydrogen (secondary N) is 2. The van der Waals surface area contributed by atoms with Gasteiger partial charge in [-0.2, -0.15) is 12.6 Å². The van der Waals surface area contributed by atoms with Gasteiger partial charge in [-0.15, -0.1) is 0 Å². The van der Waals surface area contributed by atoms with Crippen molar-refractivity contribution < 1.29 is 24.3 Å². The van der Waals surface area contributed by atoms with Crippen LogP contribution in [0, 0.1) is 23.7 Å². The molecule has 0 rings (SSSR count). The highest BCUT2D eigenvalue weighted by atomic mass is 32.1. The lowest BCUT2D eigenvalue weighted by Crippen LogP contribution is -2.54. The molecule has 0 spiro atoms. The highest BCUT2D eigenvalue weighted by Gasteiger charge is 2.32. The number of carboxylic acids is 1. The Kier molecular flexibility index (Phi) is 12.1. The molecule has 7 nitrogen and oxygen atoms in total. The summed E-state index contributed by atoms with van der Waals surface area (Å²) in [5, 5.41) is 14.5. The first-order valence-corrected chi connectivity index (χ1v) is 10.5. The number of rotatable bonds is 13. The maximum Gasteiger partial charge on any atom is 0.326 e. The molecule has 0 saturated heterocycles. The minimum Gasteiger partial charge on any atom is -0.480 e. The van der Waals surface area contributed by atoms with Crippen LogP contribution in [0.25, 0.3) is 0 Å². The molecule has 3 N–H and O–H groups in total. The molecule has 0 aromatic rings. The monoisotopic (exact) mass is 416 g/mol. The van der Waals surface area contributed by atoms with Crippen LogP contribution in [0.3, 0.4) is 0 Å². The number of Topliss-reactive ketones (excluding diaryl/α,β-unsaturated/α-hetero) is 1. The van der Waals surface area contributed by atoms with E-state index in [9.17, 15) is 24.3 Å². The van der Waals surface area contributed by atoms with Gasteiger partial charge in [0.25, 0.3) is 0 Å². The summed E-state index contributed by atoms with van der Waals surface area (Å²) in [7, 11) is 0. The minimum atomic E-state index is -1.11. The van der Waals surface area contributed by atoms with Crippen LogP contribution in [0.2, 0.25) is 0 Å². The van der Waals surface area contributed by atoms with Gasteiger partial charge in [0.2, 0.25) is 11.8 Å². The van der Waals surface area contributed by atoms with Crippen LogP contribution in [-0.4, -0.2) is 46.5 Å². The Hall–Kier alpha value is -1.57. The van der Waals surface area contributed by atoms with Crippen molar-refractivity contribution in [3.05, 3.63) is 0 Å². The second-order valence-electron chi connectivity index (χ2n) is 8.53. The second-order valence-corrected chi connectivity index (χ2v) is 8.84. The summed E-state index contributed by atoms with van der Waals surface area (Å²) < 4.78 is 0. The zero-order chi connectivity index (χ0) is 22.0. The first-order chi connectivity index (χ1) is 12.9. The van der Waals surface area contributed by atoms with E-state index in [4.69, 9.17) is 0 Å². The molecule has 0 aromatic carbocycles. The molecular weight excluding hydrogens is 380 g/mol. The Balaban J connectivity index is 5.37. The van der Waals surface area contributed by atoms with Crippen molar-refractivity contribution in [3.63, 3.8) is 0 Å². The van der Waals surface area contributed by atoms with E-state index in [1.54, 1.807) is 0 Å². The highest BCUT2D eigenvalue weighted by Crippen LogP contribution is 2.16. The number of carboxylic acid groups (broad SMARTS) is 1. The van der Waals surface area contributed by atoms with E-state index >= 15 is 0 Å². The average molecular weight is 417 g/mol. The van der Waals surface area contributed by atoms with Crippen LogP contribution in [0.5, 0.6) is 0 Å². The Labute approximate surface area is 173 Å². The van der Waals surface area contributed by atoms with Crippen LogP contribution in [0.1, 0.15) is 60.8 Å². The zero-order valence-electron chi connectivity index (χ0n) is 17.8. The zero-order valence-corrected chi connectivity index (χ0v) is 18.7. The lowest BCUT2D eigenvalue weighted by atomic mass is 9.92. The summed E-state index contributed by atoms with van der Waals surface area (Å²) in [4.78, 5) is 49.0. The molecule has 1 unspecified atom stereocenters. The molecule has 0 saturated carbocycles. The van der Waals surface area contributed by atoms with Crippen LogP contribution < -0.4 is 10.6 Å². The summed E-state index contributed by atoms with van der Waals surface area (Å²) in [6.07, 6.45) is 0.999. The SMILES string of the molecule is CC(C)CC(C(=O)CS)C(=O)N[C@@H](CC(C)C)C(=O)N[C@@H](CC(C)C)C(=O)O. The van der Waals surface area contributed by atoms with E-state index in [1.807, 2.05) is 41.5 Å². The van der Waals surface area contributed by atoms with Crippen molar-refractivity contribution in [2.24, 2.45) is 23.7 Å². The largest absolute Gasteiger partial charge is 0.480 e. The molecule has 28 heavy (non-hydrogen) atoms. The normalized spacial score (nSPS) is 14.6. The number of hydrogen-bond donors (Lipinski definition) is 4. The lowest BCUT2D eigenvalue weighted by molar-refractivity contribution is -0.143. The third-order valence-electron chi connectivity index (χ3n) is 4.23. The van der Waals surface area contributed by atoms with E-state index < -0.39 is 35.8 Å². The summed E-state index contributed by atoms with van der Waals surface area (Å²) in [5.41, 5.74) is 0. The van der Waals surface area contributed by atoms with Crippen molar-refractivity contribution in [2.75, 3.05) is 5.75 Å². The molecule has 0 radical (unpaired) electrons. The fourth-order valence-electron chi connectivity index (χ4n) is 2.91. The van der Waals surface area contributed by atoms with E-state index in [1.165, 1.54) is 0 Å².